The van der Waals surface area contributed by atoms with Crippen LogP contribution in [0.4, 0.5) is 5.69 Å². The molecule has 0 unspecified atom stereocenters. The summed E-state index contributed by atoms with van der Waals surface area (Å²) in [6.45, 7) is 0.0172. The third-order valence-corrected chi connectivity index (χ3v) is 3.60. The number of nitro groups is 1. The molecule has 0 radical (unpaired) electrons. The second kappa shape index (κ2) is 7.43. The summed E-state index contributed by atoms with van der Waals surface area (Å²) in [6, 6.07) is 12.3. The summed E-state index contributed by atoms with van der Waals surface area (Å²) in [5, 5.41) is 14.9. The zero-order valence-corrected chi connectivity index (χ0v) is 13.2. The molecule has 25 heavy (non-hydrogen) atoms. The van der Waals surface area contributed by atoms with Crippen LogP contribution >= 0.6 is 0 Å². The molecule has 0 saturated carbocycles. The van der Waals surface area contributed by atoms with Gasteiger partial charge in [-0.1, -0.05) is 30.3 Å². The van der Waals surface area contributed by atoms with Crippen LogP contribution in [0, 0.1) is 10.1 Å². The van der Waals surface area contributed by atoms with Crippen molar-refractivity contribution in [2.45, 2.75) is 12.8 Å². The maximum atomic E-state index is 11.8. The van der Waals surface area contributed by atoms with Gasteiger partial charge in [-0.15, -0.1) is 0 Å². The lowest BCUT2D eigenvalue weighted by Crippen LogP contribution is -2.18. The van der Waals surface area contributed by atoms with Crippen molar-refractivity contribution in [3.8, 4) is 11.5 Å². The van der Waals surface area contributed by atoms with Gasteiger partial charge in [-0.25, -0.2) is 5.43 Å². The van der Waals surface area contributed by atoms with Gasteiger partial charge in [0.2, 0.25) is 12.7 Å². The number of nitrogens with one attached hydrogen (secondary N) is 1. The molecule has 1 N–H and O–H groups in total. The number of ether oxygens (including phenoxy) is 2. The summed E-state index contributed by atoms with van der Waals surface area (Å²) in [7, 11) is 0. The molecule has 0 bridgehead atoms. The lowest BCUT2D eigenvalue weighted by Gasteiger charge is -2.02. The molecule has 0 aromatic heterocycles. The van der Waals surface area contributed by atoms with Gasteiger partial charge < -0.3 is 9.47 Å². The number of rotatable bonds is 6. The largest absolute Gasteiger partial charge is 0.454 e. The van der Waals surface area contributed by atoms with Crippen molar-refractivity contribution in [3.63, 3.8) is 0 Å². The lowest BCUT2D eigenvalue weighted by molar-refractivity contribution is -0.385. The topological polar surface area (TPSA) is 103 Å². The molecule has 0 atom stereocenters. The third-order valence-electron chi connectivity index (χ3n) is 3.60. The van der Waals surface area contributed by atoms with Crippen molar-refractivity contribution >= 4 is 17.8 Å². The van der Waals surface area contributed by atoms with Gasteiger partial charge in [0.15, 0.2) is 11.5 Å². The number of nitrogens with zero attached hydrogens (tertiary/aromatic N) is 2. The van der Waals surface area contributed by atoms with Crippen molar-refractivity contribution in [2.24, 2.45) is 5.10 Å². The normalized spacial score (nSPS) is 12.3. The number of nitro benzene ring substituents is 1. The molecule has 1 amide bonds. The summed E-state index contributed by atoms with van der Waals surface area (Å²) in [5.41, 5.74) is 3.47. The second-order valence-electron chi connectivity index (χ2n) is 5.30. The number of fused-ring (bicyclic) bond motifs is 1. The molecule has 0 fully saturated rings. The van der Waals surface area contributed by atoms with E-state index in [0.29, 0.717) is 17.9 Å². The number of hydrogen-bond acceptors (Lipinski definition) is 6. The SMILES string of the molecule is O=C(CCc1ccccc1)N/N=C\c1cc2c(cc1[N+](=O)[O-])OCO2. The average molecular weight is 341 g/mol. The van der Waals surface area contributed by atoms with E-state index < -0.39 is 4.92 Å². The minimum absolute atomic E-state index is 0.0172. The van der Waals surface area contributed by atoms with E-state index in [9.17, 15) is 14.9 Å². The summed E-state index contributed by atoms with van der Waals surface area (Å²) in [4.78, 5) is 22.4. The van der Waals surface area contributed by atoms with E-state index in [0.717, 1.165) is 5.56 Å². The maximum absolute atomic E-state index is 11.8. The number of hydrogen-bond donors (Lipinski definition) is 1. The molecule has 1 aliphatic rings. The molecule has 0 saturated heterocycles. The molecule has 2 aromatic carbocycles. The average Bonchev–Trinajstić information content (AvgIpc) is 3.07. The smallest absolute Gasteiger partial charge is 0.282 e. The first kappa shape index (κ1) is 16.4. The number of hydrazone groups is 1. The minimum atomic E-state index is -0.541. The van der Waals surface area contributed by atoms with Crippen LogP contribution in [0.3, 0.4) is 0 Å². The van der Waals surface area contributed by atoms with Crippen molar-refractivity contribution in [1.82, 2.24) is 5.43 Å². The molecule has 0 aliphatic carbocycles. The highest BCUT2D eigenvalue weighted by Gasteiger charge is 2.22. The van der Waals surface area contributed by atoms with E-state index in [1.807, 2.05) is 30.3 Å². The highest BCUT2D eigenvalue weighted by Crippen LogP contribution is 2.37. The fourth-order valence-electron chi connectivity index (χ4n) is 2.34. The molecular weight excluding hydrogens is 326 g/mol. The Kier molecular flexibility index (Phi) is 4.89. The van der Waals surface area contributed by atoms with Crippen LogP contribution < -0.4 is 14.9 Å². The van der Waals surface area contributed by atoms with Gasteiger partial charge >= 0.3 is 0 Å². The minimum Gasteiger partial charge on any atom is -0.454 e. The maximum Gasteiger partial charge on any atom is 0.282 e. The summed E-state index contributed by atoms with van der Waals surface area (Å²) in [6.07, 6.45) is 2.08. The van der Waals surface area contributed by atoms with Gasteiger partial charge in [0.25, 0.3) is 5.69 Å². The van der Waals surface area contributed by atoms with Gasteiger partial charge in [0, 0.05) is 6.42 Å². The monoisotopic (exact) mass is 341 g/mol. The number of benzene rings is 2. The van der Waals surface area contributed by atoms with Gasteiger partial charge in [0.05, 0.1) is 22.8 Å². The van der Waals surface area contributed by atoms with E-state index in [2.05, 4.69) is 10.5 Å². The first-order valence-electron chi connectivity index (χ1n) is 7.57. The number of carbonyl (C=O) groups excluding carboxylic acids is 1. The van der Waals surface area contributed by atoms with Crippen LogP contribution in [0.2, 0.25) is 0 Å². The Balaban J connectivity index is 1.62. The third kappa shape index (κ3) is 4.11. The van der Waals surface area contributed by atoms with Crippen LogP contribution in [-0.2, 0) is 11.2 Å². The zero-order valence-electron chi connectivity index (χ0n) is 13.2. The molecule has 0 spiro atoms. The van der Waals surface area contributed by atoms with Crippen molar-refractivity contribution in [1.29, 1.82) is 0 Å². The highest BCUT2D eigenvalue weighted by atomic mass is 16.7. The summed E-state index contributed by atoms with van der Waals surface area (Å²) in [5.74, 6) is 0.446. The van der Waals surface area contributed by atoms with Crippen molar-refractivity contribution < 1.29 is 19.2 Å². The fourth-order valence-corrected chi connectivity index (χ4v) is 2.34. The molecular formula is C17H15N3O5. The van der Waals surface area contributed by atoms with Crippen LogP contribution in [0.25, 0.3) is 0 Å². The molecule has 1 aliphatic heterocycles. The van der Waals surface area contributed by atoms with Crippen LogP contribution in [-0.4, -0.2) is 23.8 Å². The molecule has 3 rings (SSSR count). The first-order valence-corrected chi connectivity index (χ1v) is 7.57. The number of carbonyl (C=O) groups is 1. The Morgan fingerprint density at radius 2 is 1.96 bits per heavy atom. The molecule has 8 nitrogen and oxygen atoms in total. The standard InChI is InChI=1S/C17H15N3O5/c21-17(7-6-12-4-2-1-3-5-12)19-18-10-13-8-15-16(25-11-24-15)9-14(13)20(22)23/h1-5,8-10H,6-7,11H2,(H,19,21)/b18-10-. The molecule has 1 heterocycles. The zero-order chi connectivity index (χ0) is 17.6. The van der Waals surface area contributed by atoms with E-state index in [4.69, 9.17) is 9.47 Å². The van der Waals surface area contributed by atoms with Gasteiger partial charge in [-0.05, 0) is 18.1 Å². The summed E-state index contributed by atoms with van der Waals surface area (Å²) >= 11 is 0. The van der Waals surface area contributed by atoms with Gasteiger partial charge in [-0.3, -0.25) is 14.9 Å². The first-order chi connectivity index (χ1) is 12.1. The Bertz CT molecular complexity index is 821. The lowest BCUT2D eigenvalue weighted by atomic mass is 10.1. The second-order valence-corrected chi connectivity index (χ2v) is 5.30. The molecule has 2 aromatic rings. The van der Waals surface area contributed by atoms with Crippen molar-refractivity contribution in [2.75, 3.05) is 6.79 Å². The Labute approximate surface area is 143 Å². The fraction of sp³-hybridized carbons (Fsp3) is 0.176. The van der Waals surface area contributed by atoms with Crippen LogP contribution in [0.15, 0.2) is 47.6 Å². The van der Waals surface area contributed by atoms with E-state index in [1.54, 1.807) is 0 Å². The highest BCUT2D eigenvalue weighted by molar-refractivity contribution is 5.88. The van der Waals surface area contributed by atoms with Crippen LogP contribution in [0.1, 0.15) is 17.5 Å². The van der Waals surface area contributed by atoms with E-state index >= 15 is 0 Å². The molecule has 8 heteroatoms. The predicted molar refractivity (Wildman–Crippen MR) is 89.7 cm³/mol. The Hall–Kier alpha value is -3.42. The number of aryl methyl sites for hydroxylation is 1. The van der Waals surface area contributed by atoms with Gasteiger partial charge in [-0.2, -0.15) is 5.10 Å². The van der Waals surface area contributed by atoms with E-state index in [1.165, 1.54) is 18.3 Å². The Morgan fingerprint density at radius 1 is 1.24 bits per heavy atom. The van der Waals surface area contributed by atoms with Gasteiger partial charge in [0.1, 0.15) is 0 Å². The predicted octanol–water partition coefficient (Wildman–Crippen LogP) is 2.41. The summed E-state index contributed by atoms with van der Waals surface area (Å²) < 4.78 is 10.3. The van der Waals surface area contributed by atoms with Crippen molar-refractivity contribution in [3.05, 3.63) is 63.7 Å². The molecule has 128 valence electrons. The van der Waals surface area contributed by atoms with E-state index in [-0.39, 0.29) is 30.4 Å². The quantitative estimate of drug-likeness (QED) is 0.494. The van der Waals surface area contributed by atoms with Crippen LogP contribution in [0.5, 0.6) is 11.5 Å². The Morgan fingerprint density at radius 3 is 2.68 bits per heavy atom. The number of amides is 1.